The van der Waals surface area contributed by atoms with Gasteiger partial charge in [-0.05, 0) is 20.8 Å². The highest BCUT2D eigenvalue weighted by Gasteiger charge is 2.20. The smallest absolute Gasteiger partial charge is 0.322 e. The molecule has 0 saturated heterocycles. The molecule has 0 rings (SSSR count). The van der Waals surface area contributed by atoms with E-state index in [0.717, 1.165) is 0 Å². The molecule has 20 heavy (non-hydrogen) atoms. The van der Waals surface area contributed by atoms with Gasteiger partial charge >= 0.3 is 12.0 Å². The maximum Gasteiger partial charge on any atom is 0.322 e. The number of carbonyl (C=O) groups is 4. The minimum Gasteiger partial charge on any atom is -0.481 e. The highest BCUT2D eigenvalue weighted by Crippen LogP contribution is 1.95. The van der Waals surface area contributed by atoms with E-state index in [-0.39, 0.29) is 18.7 Å². The Morgan fingerprint density at radius 1 is 1.10 bits per heavy atom. The van der Waals surface area contributed by atoms with Gasteiger partial charge in [-0.25, -0.2) is 4.79 Å². The van der Waals surface area contributed by atoms with Crippen LogP contribution in [0, 0.1) is 0 Å². The molecule has 8 heteroatoms. The molecule has 0 radical (unpaired) electrons. The molecule has 0 aromatic heterocycles. The third kappa shape index (κ3) is 6.72. The maximum absolute atomic E-state index is 11.9. The molecular weight excluding hydrogens is 266 g/mol. The Balaban J connectivity index is 4.22. The zero-order valence-electron chi connectivity index (χ0n) is 11.9. The third-order valence-electron chi connectivity index (χ3n) is 2.61. The number of hydrogen-bond acceptors (Lipinski definition) is 4. The average molecular weight is 287 g/mol. The Bertz CT molecular complexity index is 379. The van der Waals surface area contributed by atoms with Crippen molar-refractivity contribution < 1.29 is 24.3 Å². The van der Waals surface area contributed by atoms with Crippen molar-refractivity contribution in [2.24, 2.45) is 0 Å². The summed E-state index contributed by atoms with van der Waals surface area (Å²) < 4.78 is 0. The number of rotatable bonds is 7. The molecule has 0 aromatic rings. The summed E-state index contributed by atoms with van der Waals surface area (Å²) >= 11 is 0. The lowest BCUT2D eigenvalue weighted by molar-refractivity contribution is -0.138. The lowest BCUT2D eigenvalue weighted by Gasteiger charge is -2.23. The van der Waals surface area contributed by atoms with Crippen molar-refractivity contribution in [2.75, 3.05) is 13.1 Å². The largest absolute Gasteiger partial charge is 0.481 e. The molecule has 1 atom stereocenters. The number of aliphatic carboxylic acids is 1. The van der Waals surface area contributed by atoms with Crippen molar-refractivity contribution in [2.45, 2.75) is 39.7 Å². The van der Waals surface area contributed by atoms with Gasteiger partial charge in [0.2, 0.25) is 11.8 Å². The van der Waals surface area contributed by atoms with Crippen molar-refractivity contribution in [1.82, 2.24) is 15.5 Å². The van der Waals surface area contributed by atoms with Crippen LogP contribution in [0.2, 0.25) is 0 Å². The second kappa shape index (κ2) is 8.89. The van der Waals surface area contributed by atoms with E-state index in [4.69, 9.17) is 5.11 Å². The molecule has 0 aromatic carbocycles. The van der Waals surface area contributed by atoms with Crippen LogP contribution >= 0.6 is 0 Å². The Morgan fingerprint density at radius 3 is 2.10 bits per heavy atom. The van der Waals surface area contributed by atoms with Crippen LogP contribution in [0.5, 0.6) is 0 Å². The molecule has 0 fully saturated rings. The first-order valence-corrected chi connectivity index (χ1v) is 6.42. The Labute approximate surface area is 117 Å². The summed E-state index contributed by atoms with van der Waals surface area (Å²) in [5.41, 5.74) is 0. The number of urea groups is 1. The second-order valence-corrected chi connectivity index (χ2v) is 4.15. The van der Waals surface area contributed by atoms with Gasteiger partial charge in [0.15, 0.2) is 0 Å². The van der Waals surface area contributed by atoms with Crippen LogP contribution in [0.3, 0.4) is 0 Å². The van der Waals surface area contributed by atoms with Crippen molar-refractivity contribution in [1.29, 1.82) is 0 Å². The molecule has 0 bridgehead atoms. The van der Waals surface area contributed by atoms with Gasteiger partial charge in [-0.1, -0.05) is 0 Å². The predicted molar refractivity (Wildman–Crippen MR) is 70.9 cm³/mol. The van der Waals surface area contributed by atoms with E-state index < -0.39 is 23.9 Å². The highest BCUT2D eigenvalue weighted by molar-refractivity contribution is 5.97. The van der Waals surface area contributed by atoms with E-state index in [0.29, 0.717) is 13.1 Å². The molecule has 0 spiro atoms. The van der Waals surface area contributed by atoms with Crippen LogP contribution in [-0.4, -0.2) is 53.0 Å². The van der Waals surface area contributed by atoms with Gasteiger partial charge in [0.05, 0.1) is 6.42 Å². The van der Waals surface area contributed by atoms with Gasteiger partial charge in [-0.2, -0.15) is 0 Å². The van der Waals surface area contributed by atoms with E-state index in [1.807, 2.05) is 19.2 Å². The van der Waals surface area contributed by atoms with Gasteiger partial charge < -0.3 is 15.3 Å². The normalized spacial score (nSPS) is 11.3. The first-order chi connectivity index (χ1) is 9.31. The number of carbonyl (C=O) groups excluding carboxylic acids is 3. The quantitative estimate of drug-likeness (QED) is 0.606. The lowest BCUT2D eigenvalue weighted by Crippen LogP contribution is -2.50. The fraction of sp³-hybridized carbons (Fsp3) is 0.667. The van der Waals surface area contributed by atoms with Gasteiger partial charge in [-0.3, -0.25) is 19.7 Å². The summed E-state index contributed by atoms with van der Waals surface area (Å²) in [5.74, 6) is -2.07. The van der Waals surface area contributed by atoms with E-state index in [9.17, 15) is 19.2 Å². The Morgan fingerprint density at radius 2 is 1.65 bits per heavy atom. The predicted octanol–water partition coefficient (Wildman–Crippen LogP) is -0.0661. The molecule has 3 N–H and O–H groups in total. The SMILES string of the molecule is CCN(CC)C(=O)C(C)NC(=O)NC(=O)CCC(=O)O. The number of nitrogens with one attached hydrogen (secondary N) is 2. The van der Waals surface area contributed by atoms with Gasteiger partial charge in [0.25, 0.3) is 0 Å². The van der Waals surface area contributed by atoms with Crippen LogP contribution in [0.15, 0.2) is 0 Å². The lowest BCUT2D eigenvalue weighted by atomic mass is 10.3. The zero-order chi connectivity index (χ0) is 15.7. The van der Waals surface area contributed by atoms with Crippen LogP contribution in [0.1, 0.15) is 33.6 Å². The van der Waals surface area contributed by atoms with Crippen molar-refractivity contribution in [3.05, 3.63) is 0 Å². The molecular formula is C12H21N3O5. The van der Waals surface area contributed by atoms with Crippen molar-refractivity contribution in [3.8, 4) is 0 Å². The number of likely N-dealkylation sites (N-methyl/N-ethyl adjacent to an activating group) is 1. The molecule has 0 aliphatic heterocycles. The molecule has 0 aliphatic rings. The summed E-state index contributed by atoms with van der Waals surface area (Å²) in [4.78, 5) is 46.4. The zero-order valence-corrected chi connectivity index (χ0v) is 11.9. The minimum atomic E-state index is -1.12. The topological polar surface area (TPSA) is 116 Å². The molecule has 0 heterocycles. The summed E-state index contributed by atoms with van der Waals surface area (Å²) in [6.45, 7) is 6.22. The second-order valence-electron chi connectivity index (χ2n) is 4.15. The molecule has 0 aliphatic carbocycles. The first-order valence-electron chi connectivity index (χ1n) is 6.42. The summed E-state index contributed by atoms with van der Waals surface area (Å²) in [6.07, 6.45) is -0.645. The summed E-state index contributed by atoms with van der Waals surface area (Å²) in [5, 5.41) is 12.7. The van der Waals surface area contributed by atoms with Crippen molar-refractivity contribution in [3.63, 3.8) is 0 Å². The van der Waals surface area contributed by atoms with E-state index >= 15 is 0 Å². The van der Waals surface area contributed by atoms with E-state index in [2.05, 4.69) is 5.32 Å². The molecule has 8 nitrogen and oxygen atoms in total. The summed E-state index contributed by atoms with van der Waals surface area (Å²) in [7, 11) is 0. The van der Waals surface area contributed by atoms with Gasteiger partial charge in [0.1, 0.15) is 6.04 Å². The third-order valence-corrected chi connectivity index (χ3v) is 2.61. The van der Waals surface area contributed by atoms with Crippen LogP contribution < -0.4 is 10.6 Å². The minimum absolute atomic E-state index is 0.247. The van der Waals surface area contributed by atoms with Crippen molar-refractivity contribution >= 4 is 23.8 Å². The molecule has 0 saturated carbocycles. The fourth-order valence-electron chi connectivity index (χ4n) is 1.51. The molecule has 114 valence electrons. The number of nitrogens with zero attached hydrogens (tertiary/aromatic N) is 1. The fourth-order valence-corrected chi connectivity index (χ4v) is 1.51. The van der Waals surface area contributed by atoms with Crippen LogP contribution in [0.25, 0.3) is 0 Å². The summed E-state index contributed by atoms with van der Waals surface area (Å²) in [6, 6.07) is -1.57. The number of carboxylic acid groups (broad SMARTS) is 1. The number of hydrogen-bond donors (Lipinski definition) is 3. The molecule has 4 amide bonds. The highest BCUT2D eigenvalue weighted by atomic mass is 16.4. The number of imide groups is 1. The number of amides is 4. The van der Waals surface area contributed by atoms with E-state index in [1.54, 1.807) is 4.90 Å². The van der Waals surface area contributed by atoms with Crippen LogP contribution in [-0.2, 0) is 14.4 Å². The average Bonchev–Trinajstić information content (AvgIpc) is 2.37. The first kappa shape index (κ1) is 17.9. The Kier molecular flexibility index (Phi) is 7.95. The number of carboxylic acids is 1. The Hall–Kier alpha value is -2.12. The maximum atomic E-state index is 11.9. The standard InChI is InChI=1S/C12H21N3O5/c1-4-15(5-2)11(19)8(3)13-12(20)14-9(16)6-7-10(17)18/h8H,4-7H2,1-3H3,(H,17,18)(H2,13,14,16,20). The van der Waals surface area contributed by atoms with Crippen LogP contribution in [0.4, 0.5) is 4.79 Å². The monoisotopic (exact) mass is 287 g/mol. The van der Waals surface area contributed by atoms with E-state index in [1.165, 1.54) is 6.92 Å². The van der Waals surface area contributed by atoms with Gasteiger partial charge in [0, 0.05) is 19.5 Å². The molecule has 1 unspecified atom stereocenters. The van der Waals surface area contributed by atoms with Gasteiger partial charge in [-0.15, -0.1) is 0 Å².